The van der Waals surface area contributed by atoms with Crippen LogP contribution in [0.15, 0.2) is 18.2 Å². The second kappa shape index (κ2) is 7.09. The number of rotatable bonds is 5. The van der Waals surface area contributed by atoms with E-state index in [0.717, 1.165) is 5.92 Å². The van der Waals surface area contributed by atoms with Crippen molar-refractivity contribution < 1.29 is 0 Å². The van der Waals surface area contributed by atoms with Gasteiger partial charge < -0.3 is 5.32 Å². The quantitative estimate of drug-likeness (QED) is 0.826. The van der Waals surface area contributed by atoms with Crippen LogP contribution in [-0.4, -0.2) is 13.1 Å². The third-order valence-corrected chi connectivity index (χ3v) is 4.85. The Morgan fingerprint density at radius 3 is 2.32 bits per heavy atom. The number of hydrogen-bond acceptors (Lipinski definition) is 1. The van der Waals surface area contributed by atoms with Crippen LogP contribution in [0.25, 0.3) is 0 Å². The van der Waals surface area contributed by atoms with Gasteiger partial charge in [-0.15, -0.1) is 0 Å². The SMILES string of the molecule is CNC(Cc1c(C)cccc1C)CC1CCCCC1. The zero-order chi connectivity index (χ0) is 13.7. The number of aryl methyl sites for hydroxylation is 2. The van der Waals surface area contributed by atoms with Crippen LogP contribution >= 0.6 is 0 Å². The summed E-state index contributed by atoms with van der Waals surface area (Å²) in [6.45, 7) is 4.49. The fraction of sp³-hybridized carbons (Fsp3) is 0.667. The van der Waals surface area contributed by atoms with Crippen molar-refractivity contribution in [1.82, 2.24) is 5.32 Å². The van der Waals surface area contributed by atoms with E-state index in [-0.39, 0.29) is 0 Å². The minimum Gasteiger partial charge on any atom is -0.317 e. The van der Waals surface area contributed by atoms with Crippen LogP contribution in [0.2, 0.25) is 0 Å². The lowest BCUT2D eigenvalue weighted by Gasteiger charge is -2.27. The lowest BCUT2D eigenvalue weighted by Crippen LogP contribution is -2.31. The van der Waals surface area contributed by atoms with Crippen LogP contribution in [0, 0.1) is 19.8 Å². The second-order valence-electron chi connectivity index (χ2n) is 6.30. The first-order valence-corrected chi connectivity index (χ1v) is 7.93. The van der Waals surface area contributed by atoms with Crippen LogP contribution < -0.4 is 5.32 Å². The molecular formula is C18H29N. The maximum Gasteiger partial charge on any atom is 0.0107 e. The highest BCUT2D eigenvalue weighted by molar-refractivity contribution is 5.34. The van der Waals surface area contributed by atoms with Crippen LogP contribution in [0.3, 0.4) is 0 Å². The van der Waals surface area contributed by atoms with E-state index in [4.69, 9.17) is 0 Å². The van der Waals surface area contributed by atoms with E-state index >= 15 is 0 Å². The van der Waals surface area contributed by atoms with Gasteiger partial charge in [-0.05, 0) is 56.3 Å². The van der Waals surface area contributed by atoms with Gasteiger partial charge in [0.15, 0.2) is 0 Å². The molecule has 1 aliphatic carbocycles. The van der Waals surface area contributed by atoms with Gasteiger partial charge in [-0.25, -0.2) is 0 Å². The van der Waals surface area contributed by atoms with Crippen molar-refractivity contribution in [3.8, 4) is 0 Å². The third-order valence-electron chi connectivity index (χ3n) is 4.85. The van der Waals surface area contributed by atoms with Crippen LogP contribution in [-0.2, 0) is 6.42 Å². The molecule has 0 aromatic heterocycles. The highest BCUT2D eigenvalue weighted by atomic mass is 14.9. The Bertz CT molecular complexity index is 370. The zero-order valence-electron chi connectivity index (χ0n) is 12.8. The fourth-order valence-electron chi connectivity index (χ4n) is 3.55. The van der Waals surface area contributed by atoms with Crippen LogP contribution in [0.4, 0.5) is 0 Å². The van der Waals surface area contributed by atoms with Gasteiger partial charge in [0.2, 0.25) is 0 Å². The lowest BCUT2D eigenvalue weighted by atomic mass is 9.83. The standard InChI is InChI=1S/C18H29N/c1-14-8-7-9-15(2)18(14)13-17(19-3)12-16-10-5-4-6-11-16/h7-9,16-17,19H,4-6,10-13H2,1-3H3. The van der Waals surface area contributed by atoms with Crippen molar-refractivity contribution in [2.45, 2.75) is 64.8 Å². The molecule has 106 valence electrons. The van der Waals surface area contributed by atoms with Gasteiger partial charge in [0.05, 0.1) is 0 Å². The number of benzene rings is 1. The molecule has 1 atom stereocenters. The summed E-state index contributed by atoms with van der Waals surface area (Å²) in [6, 6.07) is 7.30. The Labute approximate surface area is 118 Å². The molecule has 1 heteroatoms. The Kier molecular flexibility index (Phi) is 5.45. The molecule has 0 spiro atoms. The molecule has 0 radical (unpaired) electrons. The minimum atomic E-state index is 0.642. The molecule has 0 bridgehead atoms. The number of likely N-dealkylation sites (N-methyl/N-ethyl adjacent to an activating group) is 1. The van der Waals surface area contributed by atoms with E-state index in [0.29, 0.717) is 6.04 Å². The lowest BCUT2D eigenvalue weighted by molar-refractivity contribution is 0.302. The van der Waals surface area contributed by atoms with Gasteiger partial charge in [0.1, 0.15) is 0 Å². The average Bonchev–Trinajstić information content (AvgIpc) is 2.43. The molecular weight excluding hydrogens is 230 g/mol. The molecule has 2 rings (SSSR count). The summed E-state index contributed by atoms with van der Waals surface area (Å²) in [6.07, 6.45) is 9.79. The second-order valence-corrected chi connectivity index (χ2v) is 6.30. The topological polar surface area (TPSA) is 12.0 Å². The van der Waals surface area contributed by atoms with Crippen molar-refractivity contribution in [3.05, 3.63) is 34.9 Å². The highest BCUT2D eigenvalue weighted by Gasteiger charge is 2.19. The molecule has 1 N–H and O–H groups in total. The average molecular weight is 259 g/mol. The predicted octanol–water partition coefficient (Wildman–Crippen LogP) is 4.40. The highest BCUT2D eigenvalue weighted by Crippen LogP contribution is 2.28. The minimum absolute atomic E-state index is 0.642. The van der Waals surface area contributed by atoms with E-state index in [1.54, 1.807) is 5.56 Å². The fourth-order valence-corrected chi connectivity index (χ4v) is 3.55. The molecule has 1 aromatic rings. The zero-order valence-corrected chi connectivity index (χ0v) is 12.8. The van der Waals surface area contributed by atoms with Gasteiger partial charge in [-0.2, -0.15) is 0 Å². The first-order chi connectivity index (χ1) is 9.20. The van der Waals surface area contributed by atoms with Crippen LogP contribution in [0.5, 0.6) is 0 Å². The molecule has 1 fully saturated rings. The first-order valence-electron chi connectivity index (χ1n) is 7.93. The molecule has 1 aromatic carbocycles. The van der Waals surface area contributed by atoms with Gasteiger partial charge in [-0.1, -0.05) is 50.3 Å². The summed E-state index contributed by atoms with van der Waals surface area (Å²) in [5.41, 5.74) is 4.45. The summed E-state index contributed by atoms with van der Waals surface area (Å²) < 4.78 is 0. The summed E-state index contributed by atoms with van der Waals surface area (Å²) >= 11 is 0. The molecule has 0 amide bonds. The van der Waals surface area contributed by atoms with Crippen molar-refractivity contribution in [2.24, 2.45) is 5.92 Å². The molecule has 0 heterocycles. The van der Waals surface area contributed by atoms with E-state index < -0.39 is 0 Å². The molecule has 19 heavy (non-hydrogen) atoms. The maximum absolute atomic E-state index is 3.55. The van der Waals surface area contributed by atoms with Gasteiger partial charge >= 0.3 is 0 Å². The summed E-state index contributed by atoms with van der Waals surface area (Å²) in [7, 11) is 2.13. The van der Waals surface area contributed by atoms with E-state index in [1.165, 1.54) is 56.1 Å². The molecule has 1 nitrogen and oxygen atoms in total. The molecule has 1 aliphatic rings. The van der Waals surface area contributed by atoms with Crippen LogP contribution in [0.1, 0.15) is 55.2 Å². The van der Waals surface area contributed by atoms with E-state index in [2.05, 4.69) is 44.4 Å². The summed E-state index contributed by atoms with van der Waals surface area (Å²) in [5, 5.41) is 3.55. The Morgan fingerprint density at radius 1 is 1.11 bits per heavy atom. The largest absolute Gasteiger partial charge is 0.317 e. The molecule has 1 unspecified atom stereocenters. The van der Waals surface area contributed by atoms with Crippen molar-refractivity contribution in [2.75, 3.05) is 7.05 Å². The third kappa shape index (κ3) is 4.07. The van der Waals surface area contributed by atoms with E-state index in [9.17, 15) is 0 Å². The van der Waals surface area contributed by atoms with E-state index in [1.807, 2.05) is 0 Å². The molecule has 0 saturated heterocycles. The monoisotopic (exact) mass is 259 g/mol. The van der Waals surface area contributed by atoms with Crippen molar-refractivity contribution in [1.29, 1.82) is 0 Å². The van der Waals surface area contributed by atoms with Gasteiger partial charge in [0.25, 0.3) is 0 Å². The predicted molar refractivity (Wildman–Crippen MR) is 83.7 cm³/mol. The van der Waals surface area contributed by atoms with Crippen molar-refractivity contribution in [3.63, 3.8) is 0 Å². The normalized spacial score (nSPS) is 18.5. The Balaban J connectivity index is 1.98. The van der Waals surface area contributed by atoms with Gasteiger partial charge in [-0.3, -0.25) is 0 Å². The number of nitrogens with one attached hydrogen (secondary N) is 1. The van der Waals surface area contributed by atoms with Crippen molar-refractivity contribution >= 4 is 0 Å². The summed E-state index contributed by atoms with van der Waals surface area (Å²) in [5.74, 6) is 0.954. The molecule has 1 saturated carbocycles. The van der Waals surface area contributed by atoms with Gasteiger partial charge in [0, 0.05) is 6.04 Å². The molecule has 0 aliphatic heterocycles. The smallest absolute Gasteiger partial charge is 0.0107 e. The summed E-state index contributed by atoms with van der Waals surface area (Å²) in [4.78, 5) is 0. The maximum atomic E-state index is 3.55. The Hall–Kier alpha value is -0.820. The first kappa shape index (κ1) is 14.6. The Morgan fingerprint density at radius 2 is 1.74 bits per heavy atom. The number of hydrogen-bond donors (Lipinski definition) is 1.